The van der Waals surface area contributed by atoms with E-state index < -0.39 is 0 Å². The molecule has 0 bridgehead atoms. The summed E-state index contributed by atoms with van der Waals surface area (Å²) >= 11 is 0. The predicted octanol–water partition coefficient (Wildman–Crippen LogP) is 2.16. The molecule has 2 heterocycles. The minimum atomic E-state index is -0.104. The molecule has 0 saturated carbocycles. The summed E-state index contributed by atoms with van der Waals surface area (Å²) in [5.41, 5.74) is 1.50. The van der Waals surface area contributed by atoms with Crippen molar-refractivity contribution in [2.75, 3.05) is 19.6 Å². The second kappa shape index (κ2) is 6.18. The van der Waals surface area contributed by atoms with Crippen LogP contribution in [0.1, 0.15) is 56.7 Å². The van der Waals surface area contributed by atoms with Gasteiger partial charge in [-0.1, -0.05) is 6.92 Å². The molecule has 1 amide bonds. The summed E-state index contributed by atoms with van der Waals surface area (Å²) in [5, 5.41) is 7.90. The van der Waals surface area contributed by atoms with Gasteiger partial charge in [-0.3, -0.25) is 9.48 Å². The van der Waals surface area contributed by atoms with Gasteiger partial charge in [-0.15, -0.1) is 0 Å². The number of nitrogens with one attached hydrogen (secondary N) is 1. The molecule has 5 nitrogen and oxygen atoms in total. The lowest BCUT2D eigenvalue weighted by atomic mass is 10.1. The number of carbonyl (C=O) groups excluding carboxylic acids is 1. The number of aryl methyl sites for hydroxylation is 1. The Hall–Kier alpha value is -1.36. The summed E-state index contributed by atoms with van der Waals surface area (Å²) in [6.07, 6.45) is 2.01. The highest BCUT2D eigenvalue weighted by Gasteiger charge is 2.29. The molecule has 1 aliphatic heterocycles. The lowest BCUT2D eigenvalue weighted by molar-refractivity contribution is 0.0684. The Morgan fingerprint density at radius 1 is 1.52 bits per heavy atom. The molecule has 1 aromatic heterocycles. The first-order valence-electron chi connectivity index (χ1n) is 7.93. The summed E-state index contributed by atoms with van der Waals surface area (Å²) in [6.45, 7) is 13.1. The van der Waals surface area contributed by atoms with Gasteiger partial charge in [0.2, 0.25) is 0 Å². The van der Waals surface area contributed by atoms with E-state index in [2.05, 4.69) is 38.1 Å². The molecule has 2 rings (SSSR count). The van der Waals surface area contributed by atoms with Crippen molar-refractivity contribution in [2.45, 2.75) is 59.0 Å². The van der Waals surface area contributed by atoms with Gasteiger partial charge in [-0.25, -0.2) is 0 Å². The van der Waals surface area contributed by atoms with Crippen LogP contribution in [0.4, 0.5) is 0 Å². The third-order valence-corrected chi connectivity index (χ3v) is 3.94. The Morgan fingerprint density at radius 3 is 2.71 bits per heavy atom. The normalized spacial score (nSPS) is 19.0. The number of carbonyl (C=O) groups is 1. The van der Waals surface area contributed by atoms with Crippen molar-refractivity contribution in [1.29, 1.82) is 0 Å². The van der Waals surface area contributed by atoms with Crippen molar-refractivity contribution in [2.24, 2.45) is 0 Å². The van der Waals surface area contributed by atoms with Gasteiger partial charge < -0.3 is 10.2 Å². The topological polar surface area (TPSA) is 50.2 Å². The smallest absolute Gasteiger partial charge is 0.274 e. The van der Waals surface area contributed by atoms with Crippen molar-refractivity contribution in [3.05, 3.63) is 17.5 Å². The average Bonchev–Trinajstić information content (AvgIpc) is 3.03. The molecular formula is C16H28N4O. The maximum absolute atomic E-state index is 12.8. The first-order valence-corrected chi connectivity index (χ1v) is 7.93. The van der Waals surface area contributed by atoms with Gasteiger partial charge in [0.1, 0.15) is 0 Å². The molecule has 0 radical (unpaired) electrons. The van der Waals surface area contributed by atoms with Crippen molar-refractivity contribution >= 4 is 5.91 Å². The van der Waals surface area contributed by atoms with Crippen LogP contribution in [-0.2, 0) is 5.54 Å². The summed E-state index contributed by atoms with van der Waals surface area (Å²) in [5.74, 6) is 0.0663. The van der Waals surface area contributed by atoms with Gasteiger partial charge in [-0.2, -0.15) is 5.10 Å². The van der Waals surface area contributed by atoms with Crippen LogP contribution >= 0.6 is 0 Å². The average molecular weight is 292 g/mol. The zero-order chi connectivity index (χ0) is 15.6. The van der Waals surface area contributed by atoms with E-state index in [9.17, 15) is 4.79 Å². The molecule has 1 atom stereocenters. The standard InChI is InChI=1S/C16H28N4O/c1-6-9-19(13-7-8-17-11-13)15(21)14-10-12(2)20(18-14)16(3,4)5/h10,13,17H,6-9,11H2,1-5H3/t13-/m1/s1. The Kier molecular flexibility index (Phi) is 4.71. The summed E-state index contributed by atoms with van der Waals surface area (Å²) in [4.78, 5) is 14.8. The van der Waals surface area contributed by atoms with E-state index in [1.54, 1.807) is 0 Å². The van der Waals surface area contributed by atoms with Crippen LogP contribution < -0.4 is 5.32 Å². The van der Waals surface area contributed by atoms with Crippen molar-refractivity contribution in [1.82, 2.24) is 20.0 Å². The van der Waals surface area contributed by atoms with Crippen molar-refractivity contribution in [3.8, 4) is 0 Å². The summed E-state index contributed by atoms with van der Waals surface area (Å²) in [7, 11) is 0. The summed E-state index contributed by atoms with van der Waals surface area (Å²) in [6, 6.07) is 2.22. The molecule has 1 N–H and O–H groups in total. The van der Waals surface area contributed by atoms with Crippen LogP contribution in [0, 0.1) is 6.92 Å². The molecule has 1 fully saturated rings. The lowest BCUT2D eigenvalue weighted by Crippen LogP contribution is -2.42. The van der Waals surface area contributed by atoms with E-state index in [0.29, 0.717) is 11.7 Å². The van der Waals surface area contributed by atoms with Gasteiger partial charge in [0.15, 0.2) is 5.69 Å². The van der Waals surface area contributed by atoms with Crippen molar-refractivity contribution < 1.29 is 4.79 Å². The Labute approximate surface area is 127 Å². The molecule has 0 unspecified atom stereocenters. The fourth-order valence-corrected chi connectivity index (χ4v) is 3.00. The van der Waals surface area contributed by atoms with E-state index in [-0.39, 0.29) is 11.4 Å². The van der Waals surface area contributed by atoms with Gasteiger partial charge in [0.25, 0.3) is 5.91 Å². The van der Waals surface area contributed by atoms with Crippen LogP contribution in [-0.4, -0.2) is 46.3 Å². The number of hydrogen-bond acceptors (Lipinski definition) is 3. The summed E-state index contributed by atoms with van der Waals surface area (Å²) < 4.78 is 1.94. The molecule has 1 saturated heterocycles. The van der Waals surface area contributed by atoms with Crippen LogP contribution in [0.2, 0.25) is 0 Å². The molecule has 118 valence electrons. The number of amides is 1. The first-order chi connectivity index (χ1) is 9.84. The fourth-order valence-electron chi connectivity index (χ4n) is 3.00. The van der Waals surface area contributed by atoms with Crippen LogP contribution in [0.5, 0.6) is 0 Å². The highest BCUT2D eigenvalue weighted by Crippen LogP contribution is 2.19. The van der Waals surface area contributed by atoms with Gasteiger partial charge in [-0.05, 0) is 53.1 Å². The van der Waals surface area contributed by atoms with E-state index >= 15 is 0 Å². The van der Waals surface area contributed by atoms with E-state index in [4.69, 9.17) is 0 Å². The van der Waals surface area contributed by atoms with Crippen LogP contribution in [0.15, 0.2) is 6.07 Å². The van der Waals surface area contributed by atoms with Crippen LogP contribution in [0.25, 0.3) is 0 Å². The largest absolute Gasteiger partial charge is 0.333 e. The highest BCUT2D eigenvalue weighted by molar-refractivity contribution is 5.92. The van der Waals surface area contributed by atoms with Gasteiger partial charge in [0.05, 0.1) is 5.54 Å². The fraction of sp³-hybridized carbons (Fsp3) is 0.750. The maximum Gasteiger partial charge on any atom is 0.274 e. The third-order valence-electron chi connectivity index (χ3n) is 3.94. The monoisotopic (exact) mass is 292 g/mol. The van der Waals surface area contributed by atoms with Gasteiger partial charge in [0, 0.05) is 24.8 Å². The minimum absolute atomic E-state index is 0.0663. The first kappa shape index (κ1) is 16.0. The Balaban J connectivity index is 2.24. The maximum atomic E-state index is 12.8. The number of aromatic nitrogens is 2. The van der Waals surface area contributed by atoms with E-state index in [0.717, 1.165) is 38.2 Å². The zero-order valence-electron chi connectivity index (χ0n) is 13.9. The second-order valence-corrected chi connectivity index (χ2v) is 6.90. The van der Waals surface area contributed by atoms with Gasteiger partial charge >= 0.3 is 0 Å². The minimum Gasteiger partial charge on any atom is -0.333 e. The lowest BCUT2D eigenvalue weighted by Gasteiger charge is -2.27. The number of hydrogen-bond donors (Lipinski definition) is 1. The van der Waals surface area contributed by atoms with E-state index in [1.807, 2.05) is 22.6 Å². The molecule has 1 aromatic rings. The quantitative estimate of drug-likeness (QED) is 0.925. The van der Waals surface area contributed by atoms with Crippen LogP contribution in [0.3, 0.4) is 0 Å². The molecule has 5 heteroatoms. The third kappa shape index (κ3) is 3.46. The predicted molar refractivity (Wildman–Crippen MR) is 84.6 cm³/mol. The molecule has 0 aliphatic carbocycles. The second-order valence-electron chi connectivity index (χ2n) is 6.90. The molecular weight excluding hydrogens is 264 g/mol. The molecule has 21 heavy (non-hydrogen) atoms. The molecule has 0 aromatic carbocycles. The molecule has 0 spiro atoms. The Bertz CT molecular complexity index is 495. The SMILES string of the molecule is CCCN(C(=O)c1cc(C)n(C(C)(C)C)n1)[C@@H]1CCNC1. The van der Waals surface area contributed by atoms with Crippen molar-refractivity contribution in [3.63, 3.8) is 0 Å². The highest BCUT2D eigenvalue weighted by atomic mass is 16.2. The Morgan fingerprint density at radius 2 is 2.24 bits per heavy atom. The van der Waals surface area contributed by atoms with E-state index in [1.165, 1.54) is 0 Å². The number of rotatable bonds is 4. The zero-order valence-corrected chi connectivity index (χ0v) is 13.9. The molecule has 1 aliphatic rings. The number of nitrogens with zero attached hydrogens (tertiary/aromatic N) is 3.